The molecule has 4 fully saturated rings. The Hall–Kier alpha value is -1.82. The minimum atomic E-state index is -5.88. The maximum atomic E-state index is 13.7. The van der Waals surface area contributed by atoms with Crippen LogP contribution >= 0.6 is 0 Å². The second-order valence-electron chi connectivity index (χ2n) is 9.74. The molecule has 1 aromatic carbocycles. The summed E-state index contributed by atoms with van der Waals surface area (Å²) in [6.07, 6.45) is 2.46. The molecule has 4 bridgehead atoms. The van der Waals surface area contributed by atoms with Gasteiger partial charge in [-0.1, -0.05) is 18.2 Å². The van der Waals surface area contributed by atoms with Gasteiger partial charge in [-0.25, -0.2) is 4.79 Å². The van der Waals surface area contributed by atoms with Gasteiger partial charge in [0.25, 0.3) is 0 Å². The molecular formula is C23H30F2O8S. The largest absolute Gasteiger partial charge is 0.491 e. The quantitative estimate of drug-likeness (QED) is 0.211. The van der Waals surface area contributed by atoms with Crippen LogP contribution in [-0.4, -0.2) is 56.4 Å². The highest BCUT2D eigenvalue weighted by atomic mass is 32.2. The number of ether oxygens (including phenoxy) is 4. The molecule has 0 heterocycles. The van der Waals surface area contributed by atoms with E-state index in [2.05, 4.69) is 0 Å². The number of halogens is 2. The van der Waals surface area contributed by atoms with Crippen molar-refractivity contribution in [2.75, 3.05) is 19.8 Å². The van der Waals surface area contributed by atoms with Crippen molar-refractivity contribution in [3.05, 3.63) is 30.3 Å². The van der Waals surface area contributed by atoms with Crippen LogP contribution in [0.2, 0.25) is 0 Å². The SMILES string of the molecule is CC(OCCOc1ccccc1)OCC12CC3CC(C1)C(OC(=O)C(F)(F)S(=O)(=O)O)C(C3)C2. The highest BCUT2D eigenvalue weighted by Gasteiger charge is 2.60. The molecular weight excluding hydrogens is 474 g/mol. The second-order valence-corrected chi connectivity index (χ2v) is 11.2. The summed E-state index contributed by atoms with van der Waals surface area (Å²) in [5.41, 5.74) is -0.150. The molecule has 0 saturated heterocycles. The lowest BCUT2D eigenvalue weighted by Gasteiger charge is -2.59. The molecule has 4 aliphatic rings. The highest BCUT2D eigenvalue weighted by Crippen LogP contribution is 2.61. The molecule has 0 radical (unpaired) electrons. The van der Waals surface area contributed by atoms with Crippen LogP contribution in [0.15, 0.2) is 30.3 Å². The van der Waals surface area contributed by atoms with Crippen molar-refractivity contribution < 1.29 is 45.5 Å². The zero-order valence-corrected chi connectivity index (χ0v) is 19.7. The van der Waals surface area contributed by atoms with Gasteiger partial charge in [-0.15, -0.1) is 0 Å². The Labute approximate surface area is 197 Å². The van der Waals surface area contributed by atoms with Gasteiger partial charge < -0.3 is 18.9 Å². The van der Waals surface area contributed by atoms with E-state index in [-0.39, 0.29) is 17.3 Å². The number of esters is 1. The number of hydrogen-bond donors (Lipinski definition) is 1. The molecule has 5 rings (SSSR count). The average Bonchev–Trinajstić information content (AvgIpc) is 2.77. The molecule has 4 aliphatic carbocycles. The van der Waals surface area contributed by atoms with E-state index in [9.17, 15) is 22.0 Å². The molecule has 0 amide bonds. The first-order valence-corrected chi connectivity index (χ1v) is 12.9. The fraction of sp³-hybridized carbons (Fsp3) is 0.696. The van der Waals surface area contributed by atoms with Gasteiger partial charge in [0.05, 0.1) is 13.2 Å². The molecule has 3 unspecified atom stereocenters. The minimum Gasteiger partial charge on any atom is -0.491 e. The predicted molar refractivity (Wildman–Crippen MR) is 116 cm³/mol. The fourth-order valence-corrected chi connectivity index (χ4v) is 6.30. The van der Waals surface area contributed by atoms with E-state index in [0.717, 1.165) is 25.0 Å². The summed E-state index contributed by atoms with van der Waals surface area (Å²) < 4.78 is 80.1. The first-order chi connectivity index (χ1) is 16.0. The standard InChI is InChI=1S/C23H30F2O8S/c1-15(30-7-8-31-19-5-3-2-4-6-19)32-14-22-11-16-9-17(12-22)20(18(10-16)13-22)33-21(26)23(24,25)34(27,28)29/h2-6,15-18,20H,7-14H2,1H3,(H,27,28,29). The number of carbonyl (C=O) groups is 1. The maximum Gasteiger partial charge on any atom is 0.465 e. The van der Waals surface area contributed by atoms with E-state index in [1.165, 1.54) is 0 Å². The van der Waals surface area contributed by atoms with E-state index in [0.29, 0.717) is 38.6 Å². The van der Waals surface area contributed by atoms with Gasteiger partial charge in [0.2, 0.25) is 0 Å². The topological polar surface area (TPSA) is 108 Å². The predicted octanol–water partition coefficient (Wildman–Crippen LogP) is 3.66. The Balaban J connectivity index is 1.26. The Morgan fingerprint density at radius 1 is 1.12 bits per heavy atom. The first-order valence-electron chi connectivity index (χ1n) is 11.5. The van der Waals surface area contributed by atoms with Crippen molar-refractivity contribution in [3.8, 4) is 5.75 Å². The molecule has 4 saturated carbocycles. The maximum absolute atomic E-state index is 13.7. The van der Waals surface area contributed by atoms with Crippen LogP contribution in [0.5, 0.6) is 5.75 Å². The van der Waals surface area contributed by atoms with Crippen LogP contribution < -0.4 is 4.74 Å². The third-order valence-corrected chi connectivity index (χ3v) is 8.00. The van der Waals surface area contributed by atoms with Crippen molar-refractivity contribution >= 4 is 16.1 Å². The van der Waals surface area contributed by atoms with Gasteiger partial charge in [0.1, 0.15) is 18.5 Å². The number of hydrogen-bond acceptors (Lipinski definition) is 7. The van der Waals surface area contributed by atoms with Crippen LogP contribution in [0.4, 0.5) is 8.78 Å². The molecule has 11 heteroatoms. The second kappa shape index (κ2) is 9.67. The molecule has 0 aliphatic heterocycles. The first kappa shape index (κ1) is 25.3. The van der Waals surface area contributed by atoms with Crippen LogP contribution in [-0.2, 0) is 29.1 Å². The summed E-state index contributed by atoms with van der Waals surface area (Å²) in [5, 5.41) is -4.97. The zero-order chi connectivity index (χ0) is 24.6. The van der Waals surface area contributed by atoms with Crippen LogP contribution in [0.1, 0.15) is 39.0 Å². The van der Waals surface area contributed by atoms with E-state index < -0.39 is 33.7 Å². The van der Waals surface area contributed by atoms with Gasteiger partial charge in [0.15, 0.2) is 6.29 Å². The van der Waals surface area contributed by atoms with E-state index in [1.807, 2.05) is 37.3 Å². The zero-order valence-electron chi connectivity index (χ0n) is 18.9. The van der Waals surface area contributed by atoms with Gasteiger partial charge in [-0.2, -0.15) is 17.2 Å². The third kappa shape index (κ3) is 5.37. The average molecular weight is 505 g/mol. The van der Waals surface area contributed by atoms with E-state index >= 15 is 0 Å². The fourth-order valence-electron chi connectivity index (χ4n) is 6.05. The number of alkyl halides is 2. The number of carbonyl (C=O) groups excluding carboxylic acids is 1. The molecule has 0 spiro atoms. The molecule has 34 heavy (non-hydrogen) atoms. The minimum absolute atomic E-state index is 0.147. The normalized spacial score (nSPS) is 31.3. The Bertz CT molecular complexity index is 954. The Kier molecular flexibility index (Phi) is 7.19. The van der Waals surface area contributed by atoms with Gasteiger partial charge in [0, 0.05) is 0 Å². The van der Waals surface area contributed by atoms with Gasteiger partial charge >= 0.3 is 21.3 Å². The summed E-state index contributed by atoms with van der Waals surface area (Å²) in [6.45, 7) is 3.00. The number of benzene rings is 1. The van der Waals surface area contributed by atoms with Crippen molar-refractivity contribution in [2.24, 2.45) is 23.2 Å². The van der Waals surface area contributed by atoms with Gasteiger partial charge in [-0.05, 0) is 74.3 Å². The Morgan fingerprint density at radius 2 is 1.76 bits per heavy atom. The lowest BCUT2D eigenvalue weighted by atomic mass is 9.49. The van der Waals surface area contributed by atoms with Crippen molar-refractivity contribution in [1.82, 2.24) is 0 Å². The van der Waals surface area contributed by atoms with Gasteiger partial charge in [-0.3, -0.25) is 4.55 Å². The molecule has 1 N–H and O–H groups in total. The van der Waals surface area contributed by atoms with Crippen LogP contribution in [0.25, 0.3) is 0 Å². The smallest absolute Gasteiger partial charge is 0.465 e. The summed E-state index contributed by atoms with van der Waals surface area (Å²) >= 11 is 0. The molecule has 0 aromatic heterocycles. The molecule has 1 aromatic rings. The van der Waals surface area contributed by atoms with E-state index in [1.54, 1.807) is 0 Å². The molecule has 190 valence electrons. The summed E-state index contributed by atoms with van der Waals surface area (Å²) in [6, 6.07) is 9.41. The summed E-state index contributed by atoms with van der Waals surface area (Å²) in [4.78, 5) is 11.9. The van der Waals surface area contributed by atoms with Crippen molar-refractivity contribution in [3.63, 3.8) is 0 Å². The Morgan fingerprint density at radius 3 is 2.38 bits per heavy atom. The lowest BCUT2D eigenvalue weighted by molar-refractivity contribution is -0.214. The van der Waals surface area contributed by atoms with Crippen LogP contribution in [0, 0.1) is 23.2 Å². The summed E-state index contributed by atoms with van der Waals surface area (Å²) in [7, 11) is -5.88. The van der Waals surface area contributed by atoms with Crippen molar-refractivity contribution in [1.29, 1.82) is 0 Å². The third-order valence-electron chi connectivity index (χ3n) is 7.19. The monoisotopic (exact) mass is 504 g/mol. The summed E-state index contributed by atoms with van der Waals surface area (Å²) in [5.74, 6) is -1.36. The number of rotatable bonds is 11. The van der Waals surface area contributed by atoms with Crippen molar-refractivity contribution in [2.45, 2.75) is 56.7 Å². The molecule has 3 atom stereocenters. The lowest BCUT2D eigenvalue weighted by Crippen LogP contribution is -2.57. The van der Waals surface area contributed by atoms with E-state index in [4.69, 9.17) is 23.5 Å². The number of para-hydroxylation sites is 1. The van der Waals surface area contributed by atoms with Crippen LogP contribution in [0.3, 0.4) is 0 Å². The highest BCUT2D eigenvalue weighted by molar-refractivity contribution is 7.87. The molecule has 8 nitrogen and oxygen atoms in total.